The van der Waals surface area contributed by atoms with Gasteiger partial charge >= 0.3 is 0 Å². The number of hydrogen-bond acceptors (Lipinski definition) is 7. The predicted octanol–water partition coefficient (Wildman–Crippen LogP) is 5.01. The Kier molecular flexibility index (Phi) is 5.82. The molecule has 8 heteroatoms. The van der Waals surface area contributed by atoms with Crippen LogP contribution in [0.5, 0.6) is 11.5 Å². The standard InChI is InChI=1S/C21H20N4O2S2/c1-14-22-16(12-28-14)13-29-21-24-23-20(15-5-4-6-19(11-15)27-3)25(21)17-7-9-18(26-2)10-8-17/h4-12H,13H2,1-3H3. The molecule has 6 nitrogen and oxygen atoms in total. The summed E-state index contributed by atoms with van der Waals surface area (Å²) in [5.41, 5.74) is 2.94. The lowest BCUT2D eigenvalue weighted by Crippen LogP contribution is -2.00. The molecule has 29 heavy (non-hydrogen) atoms. The van der Waals surface area contributed by atoms with Crippen molar-refractivity contribution in [2.24, 2.45) is 0 Å². The van der Waals surface area contributed by atoms with Crippen molar-refractivity contribution in [3.05, 3.63) is 64.6 Å². The van der Waals surface area contributed by atoms with Crippen molar-refractivity contribution in [3.8, 4) is 28.6 Å². The Morgan fingerprint density at radius 3 is 2.48 bits per heavy atom. The third-order valence-electron chi connectivity index (χ3n) is 4.31. The topological polar surface area (TPSA) is 62.1 Å². The van der Waals surface area contributed by atoms with E-state index in [0.29, 0.717) is 0 Å². The summed E-state index contributed by atoms with van der Waals surface area (Å²) in [5.74, 6) is 3.07. The summed E-state index contributed by atoms with van der Waals surface area (Å²) in [4.78, 5) is 4.55. The fourth-order valence-electron chi connectivity index (χ4n) is 2.89. The average Bonchev–Trinajstić information content (AvgIpc) is 3.38. The molecule has 0 bridgehead atoms. The van der Waals surface area contributed by atoms with Crippen molar-refractivity contribution >= 4 is 23.1 Å². The maximum Gasteiger partial charge on any atom is 0.196 e. The largest absolute Gasteiger partial charge is 0.497 e. The van der Waals surface area contributed by atoms with Crippen LogP contribution in [0.25, 0.3) is 17.1 Å². The summed E-state index contributed by atoms with van der Waals surface area (Å²) < 4.78 is 12.7. The van der Waals surface area contributed by atoms with Crippen LogP contribution >= 0.6 is 23.1 Å². The zero-order valence-electron chi connectivity index (χ0n) is 16.3. The highest BCUT2D eigenvalue weighted by Gasteiger charge is 2.17. The highest BCUT2D eigenvalue weighted by Crippen LogP contribution is 2.31. The van der Waals surface area contributed by atoms with Crippen molar-refractivity contribution in [1.29, 1.82) is 0 Å². The summed E-state index contributed by atoms with van der Waals surface area (Å²) in [6.45, 7) is 2.01. The number of aromatic nitrogens is 4. The van der Waals surface area contributed by atoms with Gasteiger partial charge in [0.25, 0.3) is 0 Å². The zero-order chi connectivity index (χ0) is 20.2. The van der Waals surface area contributed by atoms with E-state index in [2.05, 4.69) is 25.1 Å². The molecule has 0 aliphatic carbocycles. The normalized spacial score (nSPS) is 10.9. The molecule has 0 fully saturated rings. The molecule has 4 aromatic rings. The van der Waals surface area contributed by atoms with Gasteiger partial charge in [-0.1, -0.05) is 23.9 Å². The zero-order valence-corrected chi connectivity index (χ0v) is 18.0. The third-order valence-corrected chi connectivity index (χ3v) is 6.09. The first-order chi connectivity index (χ1) is 14.2. The SMILES string of the molecule is COc1ccc(-n2c(SCc3csc(C)n3)nnc2-c2cccc(OC)c2)cc1. The van der Waals surface area contributed by atoms with Crippen LogP contribution in [0.3, 0.4) is 0 Å². The first-order valence-corrected chi connectivity index (χ1v) is 10.8. The number of nitrogens with zero attached hydrogens (tertiary/aromatic N) is 4. The summed E-state index contributed by atoms with van der Waals surface area (Å²) in [6, 6.07) is 15.7. The summed E-state index contributed by atoms with van der Waals surface area (Å²) >= 11 is 3.27. The summed E-state index contributed by atoms with van der Waals surface area (Å²) in [7, 11) is 3.32. The fraction of sp³-hybridized carbons (Fsp3) is 0.190. The van der Waals surface area contributed by atoms with Crippen molar-refractivity contribution in [1.82, 2.24) is 19.7 Å². The molecule has 0 unspecified atom stereocenters. The first-order valence-electron chi connectivity index (χ1n) is 8.96. The van der Waals surface area contributed by atoms with Crippen LogP contribution in [0.4, 0.5) is 0 Å². The Labute approximate surface area is 177 Å². The molecule has 0 saturated heterocycles. The molecule has 2 heterocycles. The van der Waals surface area contributed by atoms with Crippen molar-refractivity contribution in [2.75, 3.05) is 14.2 Å². The van der Waals surface area contributed by atoms with E-state index in [-0.39, 0.29) is 0 Å². The maximum absolute atomic E-state index is 5.38. The van der Waals surface area contributed by atoms with Crippen LogP contribution in [0.2, 0.25) is 0 Å². The molecule has 148 valence electrons. The van der Waals surface area contributed by atoms with E-state index >= 15 is 0 Å². The quantitative estimate of drug-likeness (QED) is 0.389. The van der Waals surface area contributed by atoms with Gasteiger partial charge in [0.2, 0.25) is 0 Å². The van der Waals surface area contributed by atoms with Crippen LogP contribution < -0.4 is 9.47 Å². The number of benzene rings is 2. The molecule has 0 aliphatic rings. The van der Waals surface area contributed by atoms with Crippen LogP contribution in [-0.4, -0.2) is 34.0 Å². The molecule has 2 aromatic heterocycles. The Balaban J connectivity index is 1.74. The van der Waals surface area contributed by atoms with Gasteiger partial charge in [-0.3, -0.25) is 4.57 Å². The van der Waals surface area contributed by atoms with Gasteiger partial charge < -0.3 is 9.47 Å². The Bertz CT molecular complexity index is 1110. The van der Waals surface area contributed by atoms with E-state index in [4.69, 9.17) is 9.47 Å². The number of thiazole rings is 1. The number of thioether (sulfide) groups is 1. The monoisotopic (exact) mass is 424 g/mol. The number of aryl methyl sites for hydroxylation is 1. The van der Waals surface area contributed by atoms with Gasteiger partial charge in [-0.25, -0.2) is 4.98 Å². The van der Waals surface area contributed by atoms with Crippen LogP contribution in [0.15, 0.2) is 59.1 Å². The van der Waals surface area contributed by atoms with Gasteiger partial charge in [0.15, 0.2) is 11.0 Å². The summed E-state index contributed by atoms with van der Waals surface area (Å²) in [5, 5.41) is 12.9. The Hall–Kier alpha value is -2.84. The maximum atomic E-state index is 5.38. The molecule has 0 spiro atoms. The molecule has 0 radical (unpaired) electrons. The van der Waals surface area contributed by atoms with E-state index in [1.807, 2.05) is 55.5 Å². The van der Waals surface area contributed by atoms with E-state index in [1.165, 1.54) is 0 Å². The third kappa shape index (κ3) is 4.28. The van der Waals surface area contributed by atoms with Crippen LogP contribution in [0, 0.1) is 6.92 Å². The molecule has 0 N–H and O–H groups in total. The van der Waals surface area contributed by atoms with Crippen molar-refractivity contribution in [3.63, 3.8) is 0 Å². The predicted molar refractivity (Wildman–Crippen MR) is 116 cm³/mol. The average molecular weight is 425 g/mol. The summed E-state index contributed by atoms with van der Waals surface area (Å²) in [6.07, 6.45) is 0. The molecule has 4 rings (SSSR count). The number of hydrogen-bond donors (Lipinski definition) is 0. The Morgan fingerprint density at radius 2 is 1.79 bits per heavy atom. The molecular weight excluding hydrogens is 404 g/mol. The smallest absolute Gasteiger partial charge is 0.196 e. The van der Waals surface area contributed by atoms with Gasteiger partial charge in [0.1, 0.15) is 11.5 Å². The number of ether oxygens (including phenoxy) is 2. The van der Waals surface area contributed by atoms with Crippen LogP contribution in [0.1, 0.15) is 10.7 Å². The molecular formula is C21H20N4O2S2. The van der Waals surface area contributed by atoms with E-state index in [0.717, 1.165) is 50.2 Å². The minimum absolute atomic E-state index is 0.733. The lowest BCUT2D eigenvalue weighted by Gasteiger charge is -2.11. The molecule has 0 atom stereocenters. The van der Waals surface area contributed by atoms with E-state index < -0.39 is 0 Å². The van der Waals surface area contributed by atoms with E-state index in [1.54, 1.807) is 37.3 Å². The second-order valence-electron chi connectivity index (χ2n) is 6.22. The van der Waals surface area contributed by atoms with Crippen LogP contribution in [-0.2, 0) is 5.75 Å². The number of methoxy groups -OCH3 is 2. The molecule has 0 aliphatic heterocycles. The van der Waals surface area contributed by atoms with E-state index in [9.17, 15) is 0 Å². The lowest BCUT2D eigenvalue weighted by atomic mass is 10.2. The van der Waals surface area contributed by atoms with Gasteiger partial charge in [0, 0.05) is 22.4 Å². The van der Waals surface area contributed by atoms with Gasteiger partial charge in [-0.15, -0.1) is 21.5 Å². The first kappa shape index (κ1) is 19.5. The van der Waals surface area contributed by atoms with Gasteiger partial charge in [-0.2, -0.15) is 0 Å². The molecule has 2 aromatic carbocycles. The second kappa shape index (κ2) is 8.67. The molecule has 0 amide bonds. The highest BCUT2D eigenvalue weighted by atomic mass is 32.2. The minimum Gasteiger partial charge on any atom is -0.497 e. The number of rotatable bonds is 7. The van der Waals surface area contributed by atoms with Crippen molar-refractivity contribution < 1.29 is 9.47 Å². The Morgan fingerprint density at radius 1 is 1.00 bits per heavy atom. The van der Waals surface area contributed by atoms with Gasteiger partial charge in [-0.05, 0) is 43.3 Å². The fourth-order valence-corrected chi connectivity index (χ4v) is 4.45. The highest BCUT2D eigenvalue weighted by molar-refractivity contribution is 7.98. The van der Waals surface area contributed by atoms with Gasteiger partial charge in [0.05, 0.1) is 24.9 Å². The minimum atomic E-state index is 0.733. The lowest BCUT2D eigenvalue weighted by molar-refractivity contribution is 0.414. The second-order valence-corrected chi connectivity index (χ2v) is 8.22. The van der Waals surface area contributed by atoms with Crippen molar-refractivity contribution in [2.45, 2.75) is 17.8 Å². The molecule has 0 saturated carbocycles.